The highest BCUT2D eigenvalue weighted by molar-refractivity contribution is 7.89. The molecule has 1 aromatic heterocycles. The largest absolute Gasteiger partial charge is 0.462 e. The maximum absolute atomic E-state index is 13.9. The Hall–Kier alpha value is -3.32. The Labute approximate surface area is 235 Å². The molecule has 2 aliphatic rings. The van der Waals surface area contributed by atoms with Crippen molar-refractivity contribution in [2.75, 3.05) is 31.1 Å². The van der Waals surface area contributed by atoms with Crippen LogP contribution >= 0.6 is 11.6 Å². The van der Waals surface area contributed by atoms with Gasteiger partial charge in [0.2, 0.25) is 21.8 Å². The van der Waals surface area contributed by atoms with Crippen LogP contribution in [0, 0.1) is 17.6 Å². The van der Waals surface area contributed by atoms with Gasteiger partial charge in [0, 0.05) is 43.6 Å². The summed E-state index contributed by atoms with van der Waals surface area (Å²) in [5.74, 6) is -4.25. The number of esters is 1. The highest BCUT2D eigenvalue weighted by Gasteiger charge is 2.31. The Morgan fingerprint density at radius 3 is 2.52 bits per heavy atom. The van der Waals surface area contributed by atoms with E-state index >= 15 is 0 Å². The van der Waals surface area contributed by atoms with Gasteiger partial charge in [-0.1, -0.05) is 17.7 Å². The van der Waals surface area contributed by atoms with E-state index in [-0.39, 0.29) is 48.0 Å². The summed E-state index contributed by atoms with van der Waals surface area (Å²) in [5.41, 5.74) is 0.273. The highest BCUT2D eigenvalue weighted by atomic mass is 35.5. The first-order valence-corrected chi connectivity index (χ1v) is 14.9. The monoisotopic (exact) mass is 598 g/mol. The molecular formula is C26H29ClF2N4O6S. The van der Waals surface area contributed by atoms with Gasteiger partial charge in [0.15, 0.2) is 0 Å². The minimum Gasteiger partial charge on any atom is -0.462 e. The predicted molar refractivity (Wildman–Crippen MR) is 142 cm³/mol. The third-order valence-corrected chi connectivity index (χ3v) is 8.31. The fourth-order valence-electron chi connectivity index (χ4n) is 4.77. The third kappa shape index (κ3) is 7.05. The van der Waals surface area contributed by atoms with Crippen LogP contribution in [0.1, 0.15) is 54.2 Å². The molecule has 0 unspecified atom stereocenters. The van der Waals surface area contributed by atoms with Crippen LogP contribution in [-0.2, 0) is 36.6 Å². The number of nitrogens with zero attached hydrogens (tertiary/aromatic N) is 3. The number of amides is 2. The van der Waals surface area contributed by atoms with Crippen molar-refractivity contribution in [3.05, 3.63) is 57.7 Å². The summed E-state index contributed by atoms with van der Waals surface area (Å²) in [6, 6.07) is 4.01. The third-order valence-electron chi connectivity index (χ3n) is 6.83. The molecule has 0 saturated carbocycles. The van der Waals surface area contributed by atoms with Crippen LogP contribution in [-0.4, -0.2) is 62.3 Å². The Morgan fingerprint density at radius 1 is 1.18 bits per heavy atom. The molecule has 0 spiro atoms. The van der Waals surface area contributed by atoms with Gasteiger partial charge in [-0.3, -0.25) is 14.3 Å². The van der Waals surface area contributed by atoms with E-state index < -0.39 is 45.2 Å². The van der Waals surface area contributed by atoms with Crippen LogP contribution in [0.5, 0.6) is 0 Å². The fraction of sp³-hybridized carbons (Fsp3) is 0.462. The molecule has 0 radical (unpaired) electrons. The van der Waals surface area contributed by atoms with E-state index in [0.717, 1.165) is 18.6 Å². The summed E-state index contributed by atoms with van der Waals surface area (Å²) in [5, 5.41) is 0.200. The zero-order valence-corrected chi connectivity index (χ0v) is 23.4. The van der Waals surface area contributed by atoms with E-state index in [1.54, 1.807) is 11.8 Å². The molecule has 0 atom stereocenters. The number of piperidine rings is 1. The van der Waals surface area contributed by atoms with Gasteiger partial charge in [-0.15, -0.1) is 0 Å². The molecular weight excluding hydrogens is 570 g/mol. The fourth-order valence-corrected chi connectivity index (χ4v) is 6.23. The molecule has 2 aliphatic heterocycles. The van der Waals surface area contributed by atoms with Gasteiger partial charge in [-0.2, -0.15) is 0 Å². The summed E-state index contributed by atoms with van der Waals surface area (Å²) in [6.45, 7) is 3.15. The van der Waals surface area contributed by atoms with E-state index in [1.165, 1.54) is 6.07 Å². The number of nitrogens with one attached hydrogen (secondary N) is 1. The number of benzene rings is 1. The number of aromatic nitrogens is 1. The number of likely N-dealkylation sites (tertiary alicyclic amines) is 1. The molecule has 14 heteroatoms. The molecule has 2 aromatic rings. The second-order valence-electron chi connectivity index (χ2n) is 9.65. The smallest absolute Gasteiger partial charge is 0.340 e. The van der Waals surface area contributed by atoms with Crippen molar-refractivity contribution in [3.8, 4) is 0 Å². The van der Waals surface area contributed by atoms with Crippen molar-refractivity contribution in [1.29, 1.82) is 0 Å². The number of carbonyl (C=O) groups is 3. The Balaban J connectivity index is 1.44. The van der Waals surface area contributed by atoms with Gasteiger partial charge in [0.05, 0.1) is 35.2 Å². The number of pyridine rings is 1. The van der Waals surface area contributed by atoms with Crippen LogP contribution in [0.25, 0.3) is 0 Å². The summed E-state index contributed by atoms with van der Waals surface area (Å²) in [6.07, 6.45) is 1.71. The molecule has 4 rings (SSSR count). The predicted octanol–water partition coefficient (Wildman–Crippen LogP) is 3.17. The Bertz CT molecular complexity index is 1420. The number of hydrogen-bond donors (Lipinski definition) is 1. The van der Waals surface area contributed by atoms with Gasteiger partial charge >= 0.3 is 5.97 Å². The SMILES string of the molecule is CCOC(=O)c1cc(Cl)c(N2CCC(C(=O)NS(=O)(=O)Cc3ccc(F)cc3F)CC2)nc1CN1CCCC1=O. The van der Waals surface area contributed by atoms with Gasteiger partial charge in [0.1, 0.15) is 17.5 Å². The van der Waals surface area contributed by atoms with Crippen LogP contribution in [0.15, 0.2) is 24.3 Å². The van der Waals surface area contributed by atoms with E-state index in [1.807, 2.05) is 9.62 Å². The van der Waals surface area contributed by atoms with Gasteiger partial charge in [-0.05, 0) is 38.3 Å². The number of sulfonamides is 1. The summed E-state index contributed by atoms with van der Waals surface area (Å²) < 4.78 is 59.1. The van der Waals surface area contributed by atoms with Crippen LogP contribution in [0.2, 0.25) is 5.02 Å². The summed E-state index contributed by atoms with van der Waals surface area (Å²) in [4.78, 5) is 45.6. The van der Waals surface area contributed by atoms with Crippen LogP contribution < -0.4 is 9.62 Å². The lowest BCUT2D eigenvalue weighted by molar-refractivity contribution is -0.128. The molecule has 40 heavy (non-hydrogen) atoms. The zero-order valence-electron chi connectivity index (χ0n) is 21.8. The Kier molecular flexibility index (Phi) is 9.24. The molecule has 3 heterocycles. The zero-order chi connectivity index (χ0) is 29.0. The number of rotatable bonds is 9. The summed E-state index contributed by atoms with van der Waals surface area (Å²) in [7, 11) is -4.22. The molecule has 0 aliphatic carbocycles. The number of halogens is 3. The average Bonchev–Trinajstić information content (AvgIpc) is 3.30. The Morgan fingerprint density at radius 2 is 1.90 bits per heavy atom. The quantitative estimate of drug-likeness (QED) is 0.436. The molecule has 10 nitrogen and oxygen atoms in total. The first-order valence-electron chi connectivity index (χ1n) is 12.8. The second-order valence-corrected chi connectivity index (χ2v) is 11.8. The van der Waals surface area contributed by atoms with Crippen molar-refractivity contribution < 1.29 is 36.3 Å². The first-order chi connectivity index (χ1) is 19.0. The van der Waals surface area contributed by atoms with Crippen molar-refractivity contribution in [1.82, 2.24) is 14.6 Å². The topological polar surface area (TPSA) is 126 Å². The molecule has 1 N–H and O–H groups in total. The number of anilines is 1. The lowest BCUT2D eigenvalue weighted by Gasteiger charge is -2.33. The number of hydrogen-bond acceptors (Lipinski definition) is 8. The van der Waals surface area contributed by atoms with E-state index in [0.29, 0.717) is 43.6 Å². The van der Waals surface area contributed by atoms with Gasteiger partial charge in [-0.25, -0.2) is 27.0 Å². The van der Waals surface area contributed by atoms with E-state index in [4.69, 9.17) is 16.3 Å². The maximum atomic E-state index is 13.9. The number of carbonyl (C=O) groups excluding carboxylic acids is 3. The minimum absolute atomic E-state index is 0.0305. The molecule has 1 aromatic carbocycles. The standard InChI is InChI=1S/C26H29ClF2N4O6S/c1-2-39-26(36)19-13-20(27)24(30-22(19)14-33-9-3-4-23(33)34)32-10-7-16(8-11-32)25(35)31-40(37,38)15-17-5-6-18(28)12-21(17)29/h5-6,12-13,16H,2-4,7-11,14-15H2,1H3,(H,31,35). The lowest BCUT2D eigenvalue weighted by Crippen LogP contribution is -2.43. The second kappa shape index (κ2) is 12.5. The molecule has 2 fully saturated rings. The lowest BCUT2D eigenvalue weighted by atomic mass is 9.96. The highest BCUT2D eigenvalue weighted by Crippen LogP contribution is 2.31. The maximum Gasteiger partial charge on any atom is 0.340 e. The van der Waals surface area contributed by atoms with Gasteiger partial charge < -0.3 is 14.5 Å². The van der Waals surface area contributed by atoms with E-state index in [2.05, 4.69) is 4.98 Å². The summed E-state index contributed by atoms with van der Waals surface area (Å²) >= 11 is 6.50. The van der Waals surface area contributed by atoms with Crippen LogP contribution in [0.4, 0.5) is 14.6 Å². The van der Waals surface area contributed by atoms with Crippen molar-refractivity contribution >= 4 is 45.2 Å². The number of ether oxygens (including phenoxy) is 1. The van der Waals surface area contributed by atoms with Crippen molar-refractivity contribution in [2.45, 2.75) is 44.9 Å². The van der Waals surface area contributed by atoms with Crippen molar-refractivity contribution in [3.63, 3.8) is 0 Å². The van der Waals surface area contributed by atoms with Crippen molar-refractivity contribution in [2.24, 2.45) is 5.92 Å². The first kappa shape index (κ1) is 29.7. The molecule has 0 bridgehead atoms. The molecule has 216 valence electrons. The van der Waals surface area contributed by atoms with E-state index in [9.17, 15) is 31.6 Å². The normalized spacial score (nSPS) is 16.4. The average molecular weight is 599 g/mol. The minimum atomic E-state index is -4.22. The molecule has 2 saturated heterocycles. The van der Waals surface area contributed by atoms with Gasteiger partial charge in [0.25, 0.3) is 0 Å². The molecule has 2 amide bonds. The van der Waals surface area contributed by atoms with Crippen LogP contribution in [0.3, 0.4) is 0 Å².